The predicted molar refractivity (Wildman–Crippen MR) is 58.4 cm³/mol. The van der Waals surface area contributed by atoms with E-state index in [0.29, 0.717) is 12.1 Å². The minimum atomic E-state index is 0.125. The number of aromatic nitrogens is 2. The summed E-state index contributed by atoms with van der Waals surface area (Å²) in [5, 5.41) is 10.7. The van der Waals surface area contributed by atoms with Gasteiger partial charge >= 0.3 is 12.0 Å². The summed E-state index contributed by atoms with van der Waals surface area (Å²) in [7, 11) is 0. The minimum Gasteiger partial charge on any atom is -0.390 e. The van der Waals surface area contributed by atoms with Crippen LogP contribution >= 0.6 is 0 Å². The van der Waals surface area contributed by atoms with Gasteiger partial charge in [0.15, 0.2) is 0 Å². The van der Waals surface area contributed by atoms with Crippen LogP contribution in [0.1, 0.15) is 39.0 Å². The Morgan fingerprint density at radius 3 is 2.87 bits per heavy atom. The van der Waals surface area contributed by atoms with Crippen LogP contribution in [0.2, 0.25) is 0 Å². The molecule has 3 N–H and O–H groups in total. The van der Waals surface area contributed by atoms with Gasteiger partial charge in [-0.1, -0.05) is 30.0 Å². The van der Waals surface area contributed by atoms with Crippen LogP contribution in [-0.4, -0.2) is 16.2 Å². The maximum atomic E-state index is 5.36. The molecule has 1 aromatic heterocycles. The van der Waals surface area contributed by atoms with Crippen LogP contribution in [0.25, 0.3) is 0 Å². The number of nitrogens with two attached hydrogens (primary N) is 1. The van der Waals surface area contributed by atoms with Gasteiger partial charge in [-0.2, -0.15) is 0 Å². The van der Waals surface area contributed by atoms with Crippen molar-refractivity contribution in [1.29, 1.82) is 0 Å². The summed E-state index contributed by atoms with van der Waals surface area (Å²) in [5.74, 6) is 0.838. The molecule has 5 heteroatoms. The highest BCUT2D eigenvalue weighted by atomic mass is 16.4. The van der Waals surface area contributed by atoms with Crippen LogP contribution in [-0.2, 0) is 0 Å². The molecule has 1 fully saturated rings. The summed E-state index contributed by atoms with van der Waals surface area (Å²) < 4.78 is 5.10. The lowest BCUT2D eigenvalue weighted by Gasteiger charge is -2.13. The Balaban J connectivity index is 1.88. The highest BCUT2D eigenvalue weighted by Crippen LogP contribution is 2.24. The molecule has 0 radical (unpaired) electrons. The van der Waals surface area contributed by atoms with E-state index in [2.05, 4.69) is 22.4 Å². The second kappa shape index (κ2) is 4.51. The third-order valence-corrected chi connectivity index (χ3v) is 3.03. The number of rotatable bonds is 2. The molecule has 1 aliphatic rings. The van der Waals surface area contributed by atoms with E-state index in [-0.39, 0.29) is 6.01 Å². The number of nitrogens with one attached hydrogen (secondary N) is 1. The van der Waals surface area contributed by atoms with E-state index < -0.39 is 0 Å². The van der Waals surface area contributed by atoms with Gasteiger partial charge in [0.2, 0.25) is 0 Å². The number of nitrogen functional groups attached to an aromatic ring is 1. The Kier molecular flexibility index (Phi) is 3.08. The summed E-state index contributed by atoms with van der Waals surface area (Å²) in [4.78, 5) is 0. The first-order valence-corrected chi connectivity index (χ1v) is 5.59. The molecule has 0 aliphatic heterocycles. The number of hydrogen-bond acceptors (Lipinski definition) is 5. The average Bonchev–Trinajstić information content (AvgIpc) is 2.48. The molecule has 5 nitrogen and oxygen atoms in total. The zero-order chi connectivity index (χ0) is 10.7. The van der Waals surface area contributed by atoms with Crippen LogP contribution in [0, 0.1) is 5.92 Å². The van der Waals surface area contributed by atoms with Crippen molar-refractivity contribution in [2.45, 2.75) is 45.1 Å². The van der Waals surface area contributed by atoms with Gasteiger partial charge < -0.3 is 15.5 Å². The van der Waals surface area contributed by atoms with Gasteiger partial charge in [-0.15, -0.1) is 0 Å². The van der Waals surface area contributed by atoms with Crippen LogP contribution in [0.3, 0.4) is 0 Å². The second-order valence-corrected chi connectivity index (χ2v) is 4.40. The first-order valence-electron chi connectivity index (χ1n) is 5.59. The van der Waals surface area contributed by atoms with Gasteiger partial charge in [0.05, 0.1) is 0 Å². The Morgan fingerprint density at radius 2 is 2.13 bits per heavy atom. The largest absolute Gasteiger partial charge is 0.390 e. The minimum absolute atomic E-state index is 0.125. The maximum absolute atomic E-state index is 5.36. The van der Waals surface area contributed by atoms with Crippen LogP contribution in [0.4, 0.5) is 12.0 Å². The Morgan fingerprint density at radius 1 is 1.27 bits per heavy atom. The van der Waals surface area contributed by atoms with Crippen molar-refractivity contribution in [3.05, 3.63) is 0 Å². The topological polar surface area (TPSA) is 77.0 Å². The Labute approximate surface area is 89.4 Å². The smallest absolute Gasteiger partial charge is 0.317 e. The zero-order valence-electron chi connectivity index (χ0n) is 9.07. The molecule has 1 saturated carbocycles. The summed E-state index contributed by atoms with van der Waals surface area (Å²) >= 11 is 0. The molecule has 2 atom stereocenters. The lowest BCUT2D eigenvalue weighted by molar-refractivity contribution is 0.499. The molecule has 0 aromatic carbocycles. The fourth-order valence-corrected chi connectivity index (χ4v) is 2.10. The lowest BCUT2D eigenvalue weighted by Crippen LogP contribution is -2.18. The molecule has 2 unspecified atom stereocenters. The van der Waals surface area contributed by atoms with Crippen molar-refractivity contribution < 1.29 is 4.42 Å². The van der Waals surface area contributed by atoms with E-state index in [1.54, 1.807) is 0 Å². The SMILES string of the molecule is CC1CCCC(Nc2nnc(N)o2)CC1. The molecule has 15 heavy (non-hydrogen) atoms. The van der Waals surface area contributed by atoms with E-state index in [9.17, 15) is 0 Å². The molecule has 1 aromatic rings. The van der Waals surface area contributed by atoms with Crippen LogP contribution in [0.15, 0.2) is 4.42 Å². The van der Waals surface area contributed by atoms with Crippen molar-refractivity contribution in [1.82, 2.24) is 10.2 Å². The normalized spacial score (nSPS) is 27.3. The van der Waals surface area contributed by atoms with Gasteiger partial charge in [-0.3, -0.25) is 0 Å². The van der Waals surface area contributed by atoms with Gasteiger partial charge in [0.25, 0.3) is 0 Å². The maximum Gasteiger partial charge on any atom is 0.317 e. The molecular weight excluding hydrogens is 192 g/mol. The Hall–Kier alpha value is -1.26. The highest BCUT2D eigenvalue weighted by Gasteiger charge is 2.17. The van der Waals surface area contributed by atoms with Crippen molar-refractivity contribution in [2.24, 2.45) is 5.92 Å². The third-order valence-electron chi connectivity index (χ3n) is 3.03. The molecule has 1 heterocycles. The zero-order valence-corrected chi connectivity index (χ0v) is 9.07. The molecule has 0 spiro atoms. The molecule has 1 aliphatic carbocycles. The molecular formula is C10H18N4O. The highest BCUT2D eigenvalue weighted by molar-refractivity contribution is 5.24. The average molecular weight is 210 g/mol. The summed E-state index contributed by atoms with van der Waals surface area (Å²) in [5.41, 5.74) is 5.36. The summed E-state index contributed by atoms with van der Waals surface area (Å²) in [6, 6.07) is 1.03. The van der Waals surface area contributed by atoms with Crippen molar-refractivity contribution in [3.8, 4) is 0 Å². The molecule has 2 rings (SSSR count). The van der Waals surface area contributed by atoms with Gasteiger partial charge in [-0.05, 0) is 25.2 Å². The molecule has 84 valence electrons. The van der Waals surface area contributed by atoms with Gasteiger partial charge in [0.1, 0.15) is 0 Å². The van der Waals surface area contributed by atoms with Crippen molar-refractivity contribution >= 4 is 12.0 Å². The number of nitrogens with zero attached hydrogens (tertiary/aromatic N) is 2. The summed E-state index contributed by atoms with van der Waals surface area (Å²) in [6.07, 6.45) is 6.20. The fourth-order valence-electron chi connectivity index (χ4n) is 2.10. The van der Waals surface area contributed by atoms with Crippen molar-refractivity contribution in [3.63, 3.8) is 0 Å². The first kappa shape index (κ1) is 10.3. The van der Waals surface area contributed by atoms with E-state index in [4.69, 9.17) is 10.2 Å². The van der Waals surface area contributed by atoms with E-state index in [0.717, 1.165) is 5.92 Å². The van der Waals surface area contributed by atoms with E-state index in [1.807, 2.05) is 0 Å². The standard InChI is InChI=1S/C10H18N4O/c1-7-3-2-4-8(6-5-7)12-10-14-13-9(11)15-10/h7-8H,2-6H2,1H3,(H2,11,13)(H,12,14). The first-order chi connectivity index (χ1) is 7.24. The van der Waals surface area contributed by atoms with Crippen molar-refractivity contribution in [2.75, 3.05) is 11.1 Å². The Bertz CT molecular complexity index is 312. The molecule has 0 bridgehead atoms. The quantitative estimate of drug-likeness (QED) is 0.730. The third kappa shape index (κ3) is 2.84. The number of anilines is 2. The van der Waals surface area contributed by atoms with Crippen LogP contribution < -0.4 is 11.1 Å². The van der Waals surface area contributed by atoms with Crippen LogP contribution in [0.5, 0.6) is 0 Å². The number of hydrogen-bond donors (Lipinski definition) is 2. The van der Waals surface area contributed by atoms with E-state index >= 15 is 0 Å². The van der Waals surface area contributed by atoms with E-state index in [1.165, 1.54) is 32.1 Å². The fraction of sp³-hybridized carbons (Fsp3) is 0.800. The second-order valence-electron chi connectivity index (χ2n) is 4.40. The predicted octanol–water partition coefficient (Wildman–Crippen LogP) is 2.03. The molecule has 0 saturated heterocycles. The van der Waals surface area contributed by atoms with Gasteiger partial charge in [-0.25, -0.2) is 0 Å². The molecule has 0 amide bonds. The monoisotopic (exact) mass is 210 g/mol. The lowest BCUT2D eigenvalue weighted by atomic mass is 10.0. The summed E-state index contributed by atoms with van der Waals surface area (Å²) in [6.45, 7) is 2.31. The van der Waals surface area contributed by atoms with Gasteiger partial charge in [0, 0.05) is 6.04 Å².